The fourth-order valence-corrected chi connectivity index (χ4v) is 2.59. The summed E-state index contributed by atoms with van der Waals surface area (Å²) in [5.41, 5.74) is 1.17. The van der Waals surface area contributed by atoms with Crippen LogP contribution in [0, 0.1) is 0 Å². The Morgan fingerprint density at radius 3 is 2.33 bits per heavy atom. The van der Waals surface area contributed by atoms with Gasteiger partial charge in [0, 0.05) is 10.9 Å². The van der Waals surface area contributed by atoms with E-state index < -0.39 is 0 Å². The number of methoxy groups -OCH3 is 1. The second-order valence-corrected chi connectivity index (χ2v) is 5.18. The molecule has 1 nitrogen and oxygen atoms in total. The molecule has 0 radical (unpaired) electrons. The van der Waals surface area contributed by atoms with Crippen molar-refractivity contribution in [2.75, 3.05) is 7.11 Å². The molecular weight excluding hydrogens is 192 g/mol. The molecule has 0 N–H and O–H groups in total. The van der Waals surface area contributed by atoms with E-state index in [2.05, 4.69) is 20.8 Å². The van der Waals surface area contributed by atoms with Crippen LogP contribution >= 0.6 is 22.9 Å². The fraction of sp³-hybridized carbons (Fsp3) is 0.556. The highest BCUT2D eigenvalue weighted by molar-refractivity contribution is 7.14. The molecule has 68 valence electrons. The van der Waals surface area contributed by atoms with Gasteiger partial charge in [0.05, 0.1) is 7.11 Å². The maximum absolute atomic E-state index is 6.05. The summed E-state index contributed by atoms with van der Waals surface area (Å²) < 4.78 is 6.05. The molecule has 0 aliphatic heterocycles. The third-order valence-electron chi connectivity index (χ3n) is 1.68. The van der Waals surface area contributed by atoms with E-state index in [1.54, 1.807) is 7.11 Å². The maximum Gasteiger partial charge on any atom is 0.134 e. The van der Waals surface area contributed by atoms with Crippen LogP contribution in [0.15, 0.2) is 5.38 Å². The van der Waals surface area contributed by atoms with Crippen LogP contribution in [0.2, 0.25) is 4.34 Å². The van der Waals surface area contributed by atoms with Crippen LogP contribution in [0.1, 0.15) is 26.3 Å². The Kier molecular flexibility index (Phi) is 2.69. The standard InChI is InChI=1S/C9H13ClOS/c1-9(2,3)7-6(11-4)5-12-8(7)10/h5H,1-4H3. The molecule has 0 saturated heterocycles. The minimum Gasteiger partial charge on any atom is -0.496 e. The normalized spacial score (nSPS) is 11.8. The lowest BCUT2D eigenvalue weighted by atomic mass is 9.89. The van der Waals surface area contributed by atoms with E-state index in [1.165, 1.54) is 11.3 Å². The average Bonchev–Trinajstić information content (AvgIpc) is 2.29. The third kappa shape index (κ3) is 1.75. The zero-order valence-corrected chi connectivity index (χ0v) is 9.34. The summed E-state index contributed by atoms with van der Waals surface area (Å²) in [6.45, 7) is 6.39. The monoisotopic (exact) mass is 204 g/mol. The summed E-state index contributed by atoms with van der Waals surface area (Å²) in [7, 11) is 1.67. The molecule has 0 bridgehead atoms. The Morgan fingerprint density at radius 2 is 2.00 bits per heavy atom. The highest BCUT2D eigenvalue weighted by Gasteiger charge is 2.23. The van der Waals surface area contributed by atoms with Gasteiger partial charge in [-0.15, -0.1) is 11.3 Å². The number of rotatable bonds is 1. The van der Waals surface area contributed by atoms with Crippen molar-refractivity contribution in [1.82, 2.24) is 0 Å². The van der Waals surface area contributed by atoms with Crippen LogP contribution < -0.4 is 4.74 Å². The predicted octanol–water partition coefficient (Wildman–Crippen LogP) is 3.71. The third-order valence-corrected chi connectivity index (χ3v) is 2.88. The van der Waals surface area contributed by atoms with Crippen molar-refractivity contribution in [3.05, 3.63) is 15.3 Å². The van der Waals surface area contributed by atoms with Crippen molar-refractivity contribution in [3.8, 4) is 5.75 Å². The van der Waals surface area contributed by atoms with Gasteiger partial charge >= 0.3 is 0 Å². The van der Waals surface area contributed by atoms with Crippen molar-refractivity contribution in [3.63, 3.8) is 0 Å². The van der Waals surface area contributed by atoms with Crippen molar-refractivity contribution in [2.24, 2.45) is 0 Å². The molecule has 12 heavy (non-hydrogen) atoms. The van der Waals surface area contributed by atoms with E-state index >= 15 is 0 Å². The van der Waals surface area contributed by atoms with Crippen LogP contribution in [0.25, 0.3) is 0 Å². The lowest BCUT2D eigenvalue weighted by molar-refractivity contribution is 0.400. The van der Waals surface area contributed by atoms with Gasteiger partial charge in [-0.05, 0) is 5.41 Å². The lowest BCUT2D eigenvalue weighted by Crippen LogP contribution is -2.11. The Bertz CT molecular complexity index is 273. The first-order valence-corrected chi connectivity index (χ1v) is 5.04. The number of halogens is 1. The van der Waals surface area contributed by atoms with E-state index in [0.29, 0.717) is 0 Å². The molecule has 3 heteroatoms. The summed E-state index contributed by atoms with van der Waals surface area (Å²) in [5.74, 6) is 0.900. The highest BCUT2D eigenvalue weighted by Crippen LogP contribution is 2.41. The van der Waals surface area contributed by atoms with Crippen molar-refractivity contribution < 1.29 is 4.74 Å². The molecule has 0 aliphatic rings. The first-order valence-electron chi connectivity index (χ1n) is 3.78. The molecule has 0 spiro atoms. The number of hydrogen-bond donors (Lipinski definition) is 0. The van der Waals surface area contributed by atoms with Gasteiger partial charge in [-0.1, -0.05) is 32.4 Å². The summed E-state index contributed by atoms with van der Waals surface area (Å²) in [5, 5.41) is 1.95. The first kappa shape index (κ1) is 9.87. The Balaban J connectivity index is 3.19. The van der Waals surface area contributed by atoms with Crippen molar-refractivity contribution in [2.45, 2.75) is 26.2 Å². The summed E-state index contributed by atoms with van der Waals surface area (Å²) in [6, 6.07) is 0. The lowest BCUT2D eigenvalue weighted by Gasteiger charge is -2.19. The molecule has 0 atom stereocenters. The second kappa shape index (κ2) is 3.27. The Labute approximate surface area is 82.3 Å². The molecule has 0 aromatic carbocycles. The molecule has 1 rings (SSSR count). The zero-order valence-electron chi connectivity index (χ0n) is 7.77. The maximum atomic E-state index is 6.05. The summed E-state index contributed by atoms with van der Waals surface area (Å²) in [4.78, 5) is 0. The van der Waals surface area contributed by atoms with Crippen LogP contribution in [-0.2, 0) is 5.41 Å². The van der Waals surface area contributed by atoms with Gasteiger partial charge in [0.1, 0.15) is 10.1 Å². The van der Waals surface area contributed by atoms with Crippen LogP contribution in [0.4, 0.5) is 0 Å². The molecule has 0 fully saturated rings. The van der Waals surface area contributed by atoms with Crippen LogP contribution in [0.3, 0.4) is 0 Å². The van der Waals surface area contributed by atoms with Gasteiger partial charge in [-0.25, -0.2) is 0 Å². The predicted molar refractivity (Wildman–Crippen MR) is 54.6 cm³/mol. The van der Waals surface area contributed by atoms with Gasteiger partial charge < -0.3 is 4.74 Å². The largest absolute Gasteiger partial charge is 0.496 e. The molecule has 1 heterocycles. The smallest absolute Gasteiger partial charge is 0.134 e. The molecule has 0 amide bonds. The van der Waals surface area contributed by atoms with Gasteiger partial charge in [0.25, 0.3) is 0 Å². The quantitative estimate of drug-likeness (QED) is 0.678. The molecule has 1 aromatic heterocycles. The summed E-state index contributed by atoms with van der Waals surface area (Å²) >= 11 is 7.57. The highest BCUT2D eigenvalue weighted by atomic mass is 35.5. The van der Waals surface area contributed by atoms with Crippen molar-refractivity contribution in [1.29, 1.82) is 0 Å². The molecule has 0 aliphatic carbocycles. The molecule has 0 unspecified atom stereocenters. The van der Waals surface area contributed by atoms with Crippen LogP contribution in [-0.4, -0.2) is 7.11 Å². The van der Waals surface area contributed by atoms with E-state index in [1.807, 2.05) is 5.38 Å². The van der Waals surface area contributed by atoms with Crippen LogP contribution in [0.5, 0.6) is 5.75 Å². The second-order valence-electron chi connectivity index (χ2n) is 3.70. The number of thiophene rings is 1. The zero-order chi connectivity index (χ0) is 9.35. The molecule has 1 aromatic rings. The Morgan fingerprint density at radius 1 is 1.42 bits per heavy atom. The van der Waals surface area contributed by atoms with Gasteiger partial charge in [-0.2, -0.15) is 0 Å². The molecule has 0 saturated carbocycles. The van der Waals surface area contributed by atoms with E-state index in [4.69, 9.17) is 16.3 Å². The van der Waals surface area contributed by atoms with Gasteiger partial charge in [-0.3, -0.25) is 0 Å². The fourth-order valence-electron chi connectivity index (χ4n) is 1.13. The van der Waals surface area contributed by atoms with Gasteiger partial charge in [0.2, 0.25) is 0 Å². The number of ether oxygens (including phenoxy) is 1. The average molecular weight is 205 g/mol. The Hall–Kier alpha value is -0.210. The van der Waals surface area contributed by atoms with E-state index in [9.17, 15) is 0 Å². The summed E-state index contributed by atoms with van der Waals surface area (Å²) in [6.07, 6.45) is 0. The first-order chi connectivity index (χ1) is 5.46. The molecular formula is C9H13ClOS. The van der Waals surface area contributed by atoms with E-state index in [-0.39, 0.29) is 5.41 Å². The minimum atomic E-state index is 0.0580. The SMILES string of the molecule is COc1csc(Cl)c1C(C)(C)C. The minimum absolute atomic E-state index is 0.0580. The van der Waals surface area contributed by atoms with Crippen molar-refractivity contribution >= 4 is 22.9 Å². The van der Waals surface area contributed by atoms with Gasteiger partial charge in [0.15, 0.2) is 0 Å². The topological polar surface area (TPSA) is 9.23 Å². The number of hydrogen-bond acceptors (Lipinski definition) is 2. The van der Waals surface area contributed by atoms with E-state index in [0.717, 1.165) is 15.6 Å².